The van der Waals surface area contributed by atoms with E-state index >= 15 is 0 Å². The van der Waals surface area contributed by atoms with E-state index in [0.717, 1.165) is 42.5 Å². The molecule has 0 spiro atoms. The van der Waals surface area contributed by atoms with Gasteiger partial charge in [0.05, 0.1) is 6.61 Å². The van der Waals surface area contributed by atoms with Gasteiger partial charge in [0.1, 0.15) is 5.69 Å². The number of esters is 1. The van der Waals surface area contributed by atoms with Crippen molar-refractivity contribution in [3.05, 3.63) is 22.5 Å². The molecule has 2 aliphatic rings. The number of aryl methyl sites for hydroxylation is 1. The first-order valence-corrected chi connectivity index (χ1v) is 10.3. The third kappa shape index (κ3) is 4.75. The fraction of sp³-hybridized carbons (Fsp3) is 0.667. The molecule has 0 radical (unpaired) electrons. The second kappa shape index (κ2) is 8.80. The molecule has 154 valence electrons. The minimum absolute atomic E-state index is 0.0333. The summed E-state index contributed by atoms with van der Waals surface area (Å²) in [5.74, 6) is -0.0587. The molecule has 2 fully saturated rings. The van der Waals surface area contributed by atoms with Gasteiger partial charge in [-0.15, -0.1) is 0 Å². The maximum Gasteiger partial charge on any atom is 0.355 e. The smallest absolute Gasteiger partial charge is 0.355 e. The van der Waals surface area contributed by atoms with E-state index in [0.29, 0.717) is 44.3 Å². The number of hydrogen-bond acceptors (Lipinski definition) is 4. The molecular weight excluding hydrogens is 358 g/mol. The van der Waals surface area contributed by atoms with E-state index in [-0.39, 0.29) is 23.7 Å². The standard InChI is InChI=1S/C21H31N3O4/c1-4-28-21(27)19-13(2)17(14(3)22-19)7-8-18(25)24-11-9-15(10-12-24)20(26)23-16-5-6-16/h15-16,22H,4-12H2,1-3H3,(H,23,26). The van der Waals surface area contributed by atoms with Crippen LogP contribution >= 0.6 is 0 Å². The minimum atomic E-state index is -0.354. The number of nitrogens with one attached hydrogen (secondary N) is 2. The Kier molecular flexibility index (Phi) is 6.42. The van der Waals surface area contributed by atoms with Crippen LogP contribution in [0.2, 0.25) is 0 Å². The highest BCUT2D eigenvalue weighted by atomic mass is 16.5. The first-order valence-electron chi connectivity index (χ1n) is 10.3. The second-order valence-electron chi connectivity index (χ2n) is 7.89. The average molecular weight is 389 g/mol. The number of aromatic nitrogens is 1. The molecule has 1 saturated heterocycles. The SMILES string of the molecule is CCOC(=O)c1[nH]c(C)c(CCC(=O)N2CCC(C(=O)NC3CC3)CC2)c1C. The number of amides is 2. The zero-order chi connectivity index (χ0) is 20.3. The summed E-state index contributed by atoms with van der Waals surface area (Å²) in [7, 11) is 0. The molecule has 2 heterocycles. The van der Waals surface area contributed by atoms with E-state index in [1.807, 2.05) is 18.7 Å². The highest BCUT2D eigenvalue weighted by molar-refractivity contribution is 5.90. The van der Waals surface area contributed by atoms with Gasteiger partial charge in [0.25, 0.3) is 0 Å². The largest absolute Gasteiger partial charge is 0.461 e. The van der Waals surface area contributed by atoms with Crippen molar-refractivity contribution < 1.29 is 19.1 Å². The molecule has 28 heavy (non-hydrogen) atoms. The lowest BCUT2D eigenvalue weighted by Gasteiger charge is -2.31. The zero-order valence-electron chi connectivity index (χ0n) is 17.1. The fourth-order valence-electron chi connectivity index (χ4n) is 3.90. The van der Waals surface area contributed by atoms with Crippen molar-refractivity contribution in [2.24, 2.45) is 5.92 Å². The van der Waals surface area contributed by atoms with Crippen LogP contribution in [-0.4, -0.2) is 53.4 Å². The van der Waals surface area contributed by atoms with E-state index in [9.17, 15) is 14.4 Å². The lowest BCUT2D eigenvalue weighted by molar-refractivity contribution is -0.135. The van der Waals surface area contributed by atoms with Crippen LogP contribution in [0.15, 0.2) is 0 Å². The van der Waals surface area contributed by atoms with Crippen molar-refractivity contribution in [1.29, 1.82) is 0 Å². The molecule has 0 aromatic carbocycles. The molecule has 3 rings (SSSR count). The second-order valence-corrected chi connectivity index (χ2v) is 7.89. The third-order valence-electron chi connectivity index (χ3n) is 5.80. The molecule has 1 aliphatic heterocycles. The summed E-state index contributed by atoms with van der Waals surface area (Å²) in [6.45, 7) is 7.20. The van der Waals surface area contributed by atoms with E-state index < -0.39 is 0 Å². The van der Waals surface area contributed by atoms with E-state index in [4.69, 9.17) is 4.74 Å². The molecule has 7 nitrogen and oxygen atoms in total. The Morgan fingerprint density at radius 3 is 2.43 bits per heavy atom. The van der Waals surface area contributed by atoms with Gasteiger partial charge in [0, 0.05) is 37.2 Å². The van der Waals surface area contributed by atoms with Crippen molar-refractivity contribution in [2.45, 2.75) is 65.3 Å². The van der Waals surface area contributed by atoms with Crippen LogP contribution in [0.1, 0.15) is 66.3 Å². The Morgan fingerprint density at radius 2 is 1.82 bits per heavy atom. The molecule has 0 unspecified atom stereocenters. The molecule has 7 heteroatoms. The molecule has 1 aliphatic carbocycles. The molecule has 0 bridgehead atoms. The van der Waals surface area contributed by atoms with Gasteiger partial charge in [-0.2, -0.15) is 0 Å². The van der Waals surface area contributed by atoms with Crippen LogP contribution < -0.4 is 5.32 Å². The summed E-state index contributed by atoms with van der Waals surface area (Å²) < 4.78 is 5.08. The summed E-state index contributed by atoms with van der Waals surface area (Å²) in [5.41, 5.74) is 3.25. The maximum absolute atomic E-state index is 12.6. The van der Waals surface area contributed by atoms with E-state index in [1.54, 1.807) is 6.92 Å². The number of likely N-dealkylation sites (tertiary alicyclic amines) is 1. The average Bonchev–Trinajstić information content (AvgIpc) is 3.45. The maximum atomic E-state index is 12.6. The Labute approximate surface area is 166 Å². The number of carbonyl (C=O) groups is 3. The number of nitrogens with zero attached hydrogens (tertiary/aromatic N) is 1. The lowest BCUT2D eigenvalue weighted by Crippen LogP contribution is -2.43. The van der Waals surface area contributed by atoms with Gasteiger partial charge in [0.15, 0.2) is 0 Å². The number of hydrogen-bond donors (Lipinski definition) is 2. The Morgan fingerprint density at radius 1 is 1.14 bits per heavy atom. The first kappa shape index (κ1) is 20.4. The molecular formula is C21H31N3O4. The predicted molar refractivity (Wildman–Crippen MR) is 105 cm³/mol. The van der Waals surface area contributed by atoms with Gasteiger partial charge in [0.2, 0.25) is 11.8 Å². The normalized spacial score (nSPS) is 17.5. The van der Waals surface area contributed by atoms with Gasteiger partial charge in [-0.1, -0.05) is 0 Å². The van der Waals surface area contributed by atoms with Crippen molar-refractivity contribution in [1.82, 2.24) is 15.2 Å². The minimum Gasteiger partial charge on any atom is -0.461 e. The van der Waals surface area contributed by atoms with Crippen molar-refractivity contribution in [2.75, 3.05) is 19.7 Å². The van der Waals surface area contributed by atoms with Crippen LogP contribution in [0.5, 0.6) is 0 Å². The summed E-state index contributed by atoms with van der Waals surface area (Å²) >= 11 is 0. The van der Waals surface area contributed by atoms with Gasteiger partial charge in [-0.3, -0.25) is 9.59 Å². The summed E-state index contributed by atoms with van der Waals surface area (Å²) in [6, 6.07) is 0.388. The quantitative estimate of drug-likeness (QED) is 0.700. The van der Waals surface area contributed by atoms with Crippen LogP contribution in [0.4, 0.5) is 0 Å². The van der Waals surface area contributed by atoms with Gasteiger partial charge in [-0.05, 0) is 64.0 Å². The predicted octanol–water partition coefficient (Wildman–Crippen LogP) is 2.26. The number of aromatic amines is 1. The number of H-pyrrole nitrogens is 1. The van der Waals surface area contributed by atoms with Crippen molar-refractivity contribution >= 4 is 17.8 Å². The molecule has 2 amide bonds. The third-order valence-corrected chi connectivity index (χ3v) is 5.80. The Hall–Kier alpha value is -2.31. The molecule has 1 aromatic heterocycles. The van der Waals surface area contributed by atoms with Gasteiger partial charge >= 0.3 is 5.97 Å². The molecule has 1 saturated carbocycles. The molecule has 0 atom stereocenters. The number of piperidine rings is 1. The van der Waals surface area contributed by atoms with Crippen LogP contribution in [0.25, 0.3) is 0 Å². The summed E-state index contributed by atoms with van der Waals surface area (Å²) in [5, 5.41) is 3.06. The van der Waals surface area contributed by atoms with Crippen LogP contribution in [-0.2, 0) is 20.7 Å². The number of rotatable bonds is 7. The topological polar surface area (TPSA) is 91.5 Å². The van der Waals surface area contributed by atoms with E-state index in [1.165, 1.54) is 0 Å². The zero-order valence-corrected chi connectivity index (χ0v) is 17.1. The van der Waals surface area contributed by atoms with Crippen LogP contribution in [0, 0.1) is 19.8 Å². The number of ether oxygens (including phenoxy) is 1. The van der Waals surface area contributed by atoms with Crippen molar-refractivity contribution in [3.8, 4) is 0 Å². The van der Waals surface area contributed by atoms with E-state index in [2.05, 4.69) is 10.3 Å². The van der Waals surface area contributed by atoms with Gasteiger partial charge < -0.3 is 19.9 Å². The fourth-order valence-corrected chi connectivity index (χ4v) is 3.90. The Balaban J connectivity index is 1.49. The molecule has 2 N–H and O–H groups in total. The van der Waals surface area contributed by atoms with Gasteiger partial charge in [-0.25, -0.2) is 4.79 Å². The first-order chi connectivity index (χ1) is 13.4. The Bertz CT molecular complexity index is 743. The summed E-state index contributed by atoms with van der Waals surface area (Å²) in [6.07, 6.45) is 4.66. The monoisotopic (exact) mass is 389 g/mol. The summed E-state index contributed by atoms with van der Waals surface area (Å²) in [4.78, 5) is 41.8. The van der Waals surface area contributed by atoms with Crippen molar-refractivity contribution in [3.63, 3.8) is 0 Å². The molecule has 1 aromatic rings. The lowest BCUT2D eigenvalue weighted by atomic mass is 9.95. The highest BCUT2D eigenvalue weighted by Crippen LogP contribution is 2.24. The highest BCUT2D eigenvalue weighted by Gasteiger charge is 2.31. The van der Waals surface area contributed by atoms with Crippen LogP contribution in [0.3, 0.4) is 0 Å². The number of carbonyl (C=O) groups excluding carboxylic acids is 3.